The molecular formula is C44H80O4Si2Sn. The third kappa shape index (κ3) is 13.1. The van der Waals surface area contributed by atoms with Gasteiger partial charge in [0.05, 0.1) is 0 Å². The van der Waals surface area contributed by atoms with Gasteiger partial charge in [0.15, 0.2) is 0 Å². The van der Waals surface area contributed by atoms with Crippen LogP contribution in [0.1, 0.15) is 128 Å². The fraction of sp³-hybridized carbons (Fsp3) is 0.727. The first-order valence-electron chi connectivity index (χ1n) is 20.9. The summed E-state index contributed by atoms with van der Waals surface area (Å²) in [5.41, 5.74) is 0. The molecule has 0 aliphatic heterocycles. The fourth-order valence-corrected chi connectivity index (χ4v) is 34.0. The average molecular weight is 848 g/mol. The molecule has 0 aromatic heterocycles. The van der Waals surface area contributed by atoms with Crippen molar-refractivity contribution in [3.05, 3.63) is 60.7 Å². The molecule has 292 valence electrons. The van der Waals surface area contributed by atoms with E-state index in [1.165, 1.54) is 62.2 Å². The van der Waals surface area contributed by atoms with Crippen LogP contribution in [0.2, 0.25) is 36.5 Å². The molecule has 2 aromatic rings. The van der Waals surface area contributed by atoms with Crippen LogP contribution in [-0.2, 0) is 18.3 Å². The van der Waals surface area contributed by atoms with Gasteiger partial charge in [0, 0.05) is 0 Å². The van der Waals surface area contributed by atoms with Crippen LogP contribution in [0.15, 0.2) is 60.7 Å². The number of methoxy groups -OCH3 is 1. The van der Waals surface area contributed by atoms with Gasteiger partial charge in [0.25, 0.3) is 0 Å². The van der Waals surface area contributed by atoms with Gasteiger partial charge in [-0.25, -0.2) is 0 Å². The van der Waals surface area contributed by atoms with Crippen LogP contribution in [0.3, 0.4) is 0 Å². The molecule has 0 N–H and O–H groups in total. The van der Waals surface area contributed by atoms with Crippen molar-refractivity contribution in [2.24, 2.45) is 5.92 Å². The Bertz CT molecular complexity index is 1100. The minimum atomic E-state index is -2.77. The number of rotatable bonds is 27. The summed E-state index contributed by atoms with van der Waals surface area (Å²) in [7, 11) is -2.82. The summed E-state index contributed by atoms with van der Waals surface area (Å²) in [6, 6.07) is 25.7. The first-order valence-corrected chi connectivity index (χ1v) is 33.1. The molecule has 4 nitrogen and oxygen atoms in total. The van der Waals surface area contributed by atoms with Gasteiger partial charge in [0.2, 0.25) is 0 Å². The molecule has 0 heterocycles. The number of hydrogen-bond donors (Lipinski definition) is 0. The predicted molar refractivity (Wildman–Crippen MR) is 230 cm³/mol. The zero-order valence-electron chi connectivity index (χ0n) is 35.3. The zero-order valence-corrected chi connectivity index (χ0v) is 40.2. The number of benzene rings is 2. The number of unbranched alkanes of at least 4 members (excludes halogenated alkanes) is 3. The van der Waals surface area contributed by atoms with Crippen molar-refractivity contribution in [1.82, 2.24) is 0 Å². The third-order valence-electron chi connectivity index (χ3n) is 12.1. The second-order valence-electron chi connectivity index (χ2n) is 16.7. The molecule has 0 spiro atoms. The van der Waals surface area contributed by atoms with Gasteiger partial charge >= 0.3 is 325 Å². The summed E-state index contributed by atoms with van der Waals surface area (Å²) in [5.74, 6) is 0.370. The SMILES string of the molecule is CCC[CH2][Sn]([CH2]CCC)([CH2]CCC)[CH](C[C@H](C)[C@H](C[C@@H](C)O[Si](c1ccccc1)(c1ccccc1)C(C)(C)C)O[Si](CC)(CC)CC)OCOC. The summed E-state index contributed by atoms with van der Waals surface area (Å²) in [4.78, 5) is 0. The van der Waals surface area contributed by atoms with Gasteiger partial charge in [0.1, 0.15) is 0 Å². The van der Waals surface area contributed by atoms with Crippen molar-refractivity contribution in [2.75, 3.05) is 13.9 Å². The topological polar surface area (TPSA) is 36.9 Å². The zero-order chi connectivity index (χ0) is 38.0. The molecule has 0 aliphatic carbocycles. The van der Waals surface area contributed by atoms with Crippen molar-refractivity contribution >= 4 is 45.4 Å². The van der Waals surface area contributed by atoms with Crippen LogP contribution in [0.25, 0.3) is 0 Å². The van der Waals surface area contributed by atoms with Crippen LogP contribution < -0.4 is 10.4 Å². The molecule has 0 aliphatic rings. The van der Waals surface area contributed by atoms with E-state index < -0.39 is 35.0 Å². The summed E-state index contributed by atoms with van der Waals surface area (Å²) < 4.78 is 32.5. The molecule has 7 heteroatoms. The Morgan fingerprint density at radius 3 is 1.47 bits per heavy atom. The van der Waals surface area contributed by atoms with E-state index in [0.29, 0.717) is 16.8 Å². The van der Waals surface area contributed by atoms with E-state index in [9.17, 15) is 0 Å². The molecule has 51 heavy (non-hydrogen) atoms. The Balaban J connectivity index is 2.64. The molecule has 0 amide bonds. The normalized spacial score (nSPS) is 15.5. The van der Waals surface area contributed by atoms with E-state index in [1.54, 1.807) is 7.11 Å². The van der Waals surface area contributed by atoms with Gasteiger partial charge in [-0.1, -0.05) is 0 Å². The van der Waals surface area contributed by atoms with Crippen molar-refractivity contribution in [3.63, 3.8) is 0 Å². The molecule has 0 radical (unpaired) electrons. The summed E-state index contributed by atoms with van der Waals surface area (Å²) in [6.45, 7) is 26.6. The summed E-state index contributed by atoms with van der Waals surface area (Å²) in [6.07, 6.45) is 9.97. The Morgan fingerprint density at radius 2 is 1.10 bits per heavy atom. The fourth-order valence-electron chi connectivity index (χ4n) is 8.66. The second-order valence-corrected chi connectivity index (χ2v) is 39.5. The Hall–Kier alpha value is -0.488. The van der Waals surface area contributed by atoms with Crippen LogP contribution >= 0.6 is 0 Å². The molecular weight excluding hydrogens is 767 g/mol. The Labute approximate surface area is 322 Å². The van der Waals surface area contributed by atoms with E-state index in [2.05, 4.69) is 137 Å². The standard InChI is InChI=1S/C32H53O4Si2.3C4H9.Sn/c1-10-37(11-2,12-3)36-31(27(4)23-24-34-26-33-9)25-28(5)35-38(32(6,7)8,29-19-15-13-16-20-29)30-21-17-14-18-22-30;3*1-3-4-2;/h13-22,24,27-28,31H,10-12,23,25-26H2,1-9H3;3*1,3-4H2,2H3;/t27-,28+,31-;;;;/m0..../s1. The van der Waals surface area contributed by atoms with Crippen LogP contribution in [0, 0.1) is 5.92 Å². The van der Waals surface area contributed by atoms with Crippen LogP contribution in [-0.4, -0.2) is 65.2 Å². The molecule has 4 atom stereocenters. The quantitative estimate of drug-likeness (QED) is 0.0663. The first-order chi connectivity index (χ1) is 24.4. The molecule has 2 aromatic carbocycles. The van der Waals surface area contributed by atoms with E-state index in [0.717, 1.165) is 31.0 Å². The van der Waals surface area contributed by atoms with Gasteiger partial charge in [-0.05, 0) is 0 Å². The molecule has 0 fully saturated rings. The number of hydrogen-bond acceptors (Lipinski definition) is 4. The monoisotopic (exact) mass is 848 g/mol. The van der Waals surface area contributed by atoms with Gasteiger partial charge in [-0.2, -0.15) is 0 Å². The van der Waals surface area contributed by atoms with E-state index in [1.807, 2.05) is 0 Å². The molecule has 0 saturated carbocycles. The number of ether oxygens (including phenoxy) is 2. The predicted octanol–water partition coefficient (Wildman–Crippen LogP) is 12.1. The second kappa shape index (κ2) is 23.4. The average Bonchev–Trinajstić information content (AvgIpc) is 3.14. The summed E-state index contributed by atoms with van der Waals surface area (Å²) in [5, 5.41) is 2.62. The molecule has 0 bridgehead atoms. The van der Waals surface area contributed by atoms with Gasteiger partial charge < -0.3 is 0 Å². The van der Waals surface area contributed by atoms with Crippen molar-refractivity contribution in [3.8, 4) is 0 Å². The molecule has 1 unspecified atom stereocenters. The van der Waals surface area contributed by atoms with Crippen molar-refractivity contribution in [1.29, 1.82) is 0 Å². The van der Waals surface area contributed by atoms with Crippen molar-refractivity contribution in [2.45, 2.75) is 180 Å². The first kappa shape index (κ1) is 46.7. The maximum absolute atomic E-state index is 7.70. The van der Waals surface area contributed by atoms with Gasteiger partial charge in [-0.15, -0.1) is 0 Å². The molecule has 0 saturated heterocycles. The van der Waals surface area contributed by atoms with Crippen molar-refractivity contribution < 1.29 is 18.3 Å². The third-order valence-corrected chi connectivity index (χ3v) is 38.5. The van der Waals surface area contributed by atoms with Crippen LogP contribution in [0.4, 0.5) is 0 Å². The van der Waals surface area contributed by atoms with E-state index >= 15 is 0 Å². The van der Waals surface area contributed by atoms with E-state index in [-0.39, 0.29) is 17.2 Å². The summed E-state index contributed by atoms with van der Waals surface area (Å²) >= 11 is -2.77. The Kier molecular flexibility index (Phi) is 21.4. The maximum atomic E-state index is 7.70. The Morgan fingerprint density at radius 1 is 0.647 bits per heavy atom. The van der Waals surface area contributed by atoms with Gasteiger partial charge in [-0.3, -0.25) is 0 Å². The molecule has 2 rings (SSSR count). The van der Waals surface area contributed by atoms with Crippen LogP contribution in [0.5, 0.6) is 0 Å². The van der Waals surface area contributed by atoms with E-state index in [4.69, 9.17) is 18.3 Å². The minimum absolute atomic E-state index is 0.0351.